The first-order valence-electron chi connectivity index (χ1n) is 12.1. The summed E-state index contributed by atoms with van der Waals surface area (Å²) in [6, 6.07) is 25.7. The number of pyridine rings is 1. The quantitative estimate of drug-likeness (QED) is 0.391. The van der Waals surface area contributed by atoms with Gasteiger partial charge in [0.1, 0.15) is 11.8 Å². The number of aromatic hydroxyl groups is 1. The van der Waals surface area contributed by atoms with E-state index < -0.39 is 0 Å². The van der Waals surface area contributed by atoms with E-state index in [1.165, 1.54) is 5.69 Å². The summed E-state index contributed by atoms with van der Waals surface area (Å²) in [5.74, 6) is 0.240. The maximum atomic E-state index is 9.80. The Labute approximate surface area is 215 Å². The first-order valence-corrected chi connectivity index (χ1v) is 12.5. The van der Waals surface area contributed by atoms with Gasteiger partial charge in [-0.2, -0.15) is 0 Å². The zero-order chi connectivity index (χ0) is 24.5. The minimum Gasteiger partial charge on any atom is -0.508 e. The summed E-state index contributed by atoms with van der Waals surface area (Å²) in [5.41, 5.74) is 5.17. The molecule has 0 radical (unpaired) electrons. The molecule has 2 aromatic heterocycles. The molecule has 2 aliphatic heterocycles. The monoisotopic (exact) mass is 497 g/mol. The maximum Gasteiger partial charge on any atom is 0.174 e. The van der Waals surface area contributed by atoms with Crippen LogP contribution in [0.4, 0.5) is 11.4 Å². The number of aromatic nitrogens is 2. The van der Waals surface area contributed by atoms with Crippen LogP contribution >= 0.6 is 12.2 Å². The Morgan fingerprint density at radius 1 is 0.861 bits per heavy atom. The van der Waals surface area contributed by atoms with E-state index in [9.17, 15) is 5.11 Å². The number of thiocarbonyl (C=S) groups is 1. The SMILES string of the molecule is Oc1ccc(-n2cccc2[C@@H]2[C@@H](c3ccccn3)NC(=S)N2c2ccc(N3CCOCC3)cc2)cc1. The van der Waals surface area contributed by atoms with Crippen LogP contribution in [0.15, 0.2) is 91.3 Å². The number of nitrogens with zero attached hydrogens (tertiary/aromatic N) is 4. The topological polar surface area (TPSA) is 65.8 Å². The summed E-state index contributed by atoms with van der Waals surface area (Å²) in [6.45, 7) is 3.30. The molecule has 0 amide bonds. The van der Waals surface area contributed by atoms with Crippen LogP contribution in [0.1, 0.15) is 23.5 Å². The van der Waals surface area contributed by atoms with Crippen molar-refractivity contribution in [3.8, 4) is 11.4 Å². The van der Waals surface area contributed by atoms with Gasteiger partial charge in [0.25, 0.3) is 0 Å². The van der Waals surface area contributed by atoms with Crippen molar-refractivity contribution in [2.24, 2.45) is 0 Å². The summed E-state index contributed by atoms with van der Waals surface area (Å²) in [5, 5.41) is 14.0. The summed E-state index contributed by atoms with van der Waals surface area (Å²) in [4.78, 5) is 9.19. The van der Waals surface area contributed by atoms with Gasteiger partial charge >= 0.3 is 0 Å². The normalized spacial score (nSPS) is 19.9. The molecule has 7 nitrogen and oxygen atoms in total. The molecule has 0 unspecified atom stereocenters. The number of hydrogen-bond acceptors (Lipinski definition) is 5. The molecule has 2 fully saturated rings. The van der Waals surface area contributed by atoms with Crippen molar-refractivity contribution in [1.82, 2.24) is 14.9 Å². The summed E-state index contributed by atoms with van der Waals surface area (Å²) in [6.07, 6.45) is 3.86. The summed E-state index contributed by atoms with van der Waals surface area (Å²) in [7, 11) is 0. The number of anilines is 2. The highest BCUT2D eigenvalue weighted by molar-refractivity contribution is 7.80. The lowest BCUT2D eigenvalue weighted by Crippen LogP contribution is -2.36. The fourth-order valence-corrected chi connectivity index (χ4v) is 5.41. The fraction of sp³-hybridized carbons (Fsp3) is 0.214. The molecule has 2 N–H and O–H groups in total. The lowest BCUT2D eigenvalue weighted by Gasteiger charge is -2.31. The van der Waals surface area contributed by atoms with Gasteiger partial charge in [-0.3, -0.25) is 4.98 Å². The van der Waals surface area contributed by atoms with Crippen LogP contribution in [0.5, 0.6) is 5.75 Å². The van der Waals surface area contributed by atoms with E-state index in [0.717, 1.165) is 49.1 Å². The van der Waals surface area contributed by atoms with Crippen molar-refractivity contribution in [3.05, 3.63) is 103 Å². The number of hydrogen-bond donors (Lipinski definition) is 2. The standard InChI is InChI=1S/C28H27N5O2S/c34-23-12-10-21(11-13-23)32-15-3-5-25(32)27-26(24-4-1-2-14-29-24)30-28(36)33(27)22-8-6-20(7-9-22)31-16-18-35-19-17-31/h1-15,26-27,34H,16-19H2,(H,30,36)/t26-,27-/m1/s1. The largest absolute Gasteiger partial charge is 0.508 e. The molecule has 0 aliphatic carbocycles. The minimum atomic E-state index is -0.136. The van der Waals surface area contributed by atoms with Gasteiger partial charge in [-0.15, -0.1) is 0 Å². The maximum absolute atomic E-state index is 9.80. The van der Waals surface area contributed by atoms with Crippen molar-refractivity contribution in [1.29, 1.82) is 0 Å². The first-order chi connectivity index (χ1) is 17.7. The molecule has 36 heavy (non-hydrogen) atoms. The van der Waals surface area contributed by atoms with E-state index in [-0.39, 0.29) is 17.8 Å². The molecule has 0 saturated carbocycles. The third-order valence-corrected chi connectivity index (χ3v) is 7.13. The van der Waals surface area contributed by atoms with E-state index >= 15 is 0 Å². The van der Waals surface area contributed by atoms with Gasteiger partial charge in [-0.25, -0.2) is 0 Å². The summed E-state index contributed by atoms with van der Waals surface area (Å²) >= 11 is 5.90. The number of phenols is 1. The van der Waals surface area contributed by atoms with Crippen LogP contribution in [0.3, 0.4) is 0 Å². The highest BCUT2D eigenvalue weighted by atomic mass is 32.1. The van der Waals surface area contributed by atoms with Crippen LogP contribution in [0.2, 0.25) is 0 Å². The molecule has 4 heterocycles. The third-order valence-electron chi connectivity index (χ3n) is 6.81. The number of benzene rings is 2. The Hall–Kier alpha value is -3.88. The van der Waals surface area contributed by atoms with E-state index in [4.69, 9.17) is 17.0 Å². The number of morpholine rings is 1. The molecule has 8 heteroatoms. The molecule has 182 valence electrons. The van der Waals surface area contributed by atoms with Crippen molar-refractivity contribution < 1.29 is 9.84 Å². The van der Waals surface area contributed by atoms with Crippen LogP contribution in [0.25, 0.3) is 5.69 Å². The van der Waals surface area contributed by atoms with Gasteiger partial charge in [0.05, 0.1) is 24.9 Å². The minimum absolute atomic E-state index is 0.134. The van der Waals surface area contributed by atoms with Crippen molar-refractivity contribution in [3.63, 3.8) is 0 Å². The van der Waals surface area contributed by atoms with Gasteiger partial charge < -0.3 is 29.5 Å². The second-order valence-corrected chi connectivity index (χ2v) is 9.32. The molecule has 0 spiro atoms. The molecular formula is C28H27N5O2S. The van der Waals surface area contributed by atoms with E-state index in [1.54, 1.807) is 12.1 Å². The van der Waals surface area contributed by atoms with Crippen LogP contribution in [-0.4, -0.2) is 46.1 Å². The van der Waals surface area contributed by atoms with Gasteiger partial charge in [-0.1, -0.05) is 6.07 Å². The van der Waals surface area contributed by atoms with E-state index in [1.807, 2.05) is 48.8 Å². The second kappa shape index (κ2) is 9.64. The van der Waals surface area contributed by atoms with E-state index in [0.29, 0.717) is 5.11 Å². The molecule has 2 aliphatic rings. The predicted molar refractivity (Wildman–Crippen MR) is 145 cm³/mol. The number of ether oxygens (including phenoxy) is 1. The van der Waals surface area contributed by atoms with Crippen molar-refractivity contribution >= 4 is 28.7 Å². The summed E-state index contributed by atoms with van der Waals surface area (Å²) < 4.78 is 7.65. The lowest BCUT2D eigenvalue weighted by atomic mass is 10.0. The molecular weight excluding hydrogens is 470 g/mol. The zero-order valence-corrected chi connectivity index (χ0v) is 20.5. The average molecular weight is 498 g/mol. The molecule has 2 saturated heterocycles. The van der Waals surface area contributed by atoms with E-state index in [2.05, 4.69) is 55.0 Å². The fourth-order valence-electron chi connectivity index (χ4n) is 5.06. The second-order valence-electron chi connectivity index (χ2n) is 8.93. The molecule has 6 rings (SSSR count). The number of rotatable bonds is 5. The molecule has 2 aromatic carbocycles. The first kappa shape index (κ1) is 22.6. The van der Waals surface area contributed by atoms with Gasteiger partial charge in [-0.05, 0) is 85.0 Å². The average Bonchev–Trinajstić information content (AvgIpc) is 3.54. The van der Waals surface area contributed by atoms with Crippen LogP contribution in [0, 0.1) is 0 Å². The van der Waals surface area contributed by atoms with Gasteiger partial charge in [0.15, 0.2) is 5.11 Å². The Morgan fingerprint density at radius 2 is 1.58 bits per heavy atom. The number of phenolic OH excluding ortho intramolecular Hbond substituents is 1. The molecule has 2 atom stereocenters. The highest BCUT2D eigenvalue weighted by Gasteiger charge is 2.42. The molecule has 4 aromatic rings. The number of nitrogens with one attached hydrogen (secondary N) is 1. The van der Waals surface area contributed by atoms with Crippen molar-refractivity contribution in [2.75, 3.05) is 36.1 Å². The Balaban J connectivity index is 1.41. The smallest absolute Gasteiger partial charge is 0.174 e. The lowest BCUT2D eigenvalue weighted by molar-refractivity contribution is 0.122. The molecule has 0 bridgehead atoms. The van der Waals surface area contributed by atoms with Gasteiger partial charge in [0.2, 0.25) is 0 Å². The van der Waals surface area contributed by atoms with Crippen LogP contribution in [-0.2, 0) is 4.74 Å². The predicted octanol–water partition coefficient (Wildman–Crippen LogP) is 4.59. The third kappa shape index (κ3) is 4.19. The van der Waals surface area contributed by atoms with Gasteiger partial charge in [0, 0.05) is 48.2 Å². The van der Waals surface area contributed by atoms with Crippen molar-refractivity contribution in [2.45, 2.75) is 12.1 Å². The Bertz CT molecular complexity index is 1330. The Morgan fingerprint density at radius 3 is 2.31 bits per heavy atom. The zero-order valence-electron chi connectivity index (χ0n) is 19.7. The van der Waals surface area contributed by atoms with Crippen LogP contribution < -0.4 is 15.1 Å². The highest BCUT2D eigenvalue weighted by Crippen LogP contribution is 2.42. The Kier molecular flexibility index (Phi) is 6.04.